The number of hydrogen-bond donors (Lipinski definition) is 5. The number of likely N-dealkylation sites (tertiary alicyclic amines) is 3. The summed E-state index contributed by atoms with van der Waals surface area (Å²) in [7, 11) is 0. The van der Waals surface area contributed by atoms with Gasteiger partial charge in [-0.15, -0.1) is 0 Å². The highest BCUT2D eigenvalue weighted by atomic mass is 16.6. The van der Waals surface area contributed by atoms with E-state index in [1.54, 1.807) is 166 Å². The molecule has 6 aliphatic heterocycles. The first-order valence-electron chi connectivity index (χ1n) is 46.8. The third kappa shape index (κ3) is 26.1. The quantitative estimate of drug-likeness (QED) is 0.0105. The number of carbonyl (C=O) groups is 16. The molecule has 11 aromatic rings. The number of aliphatic carboxylic acids is 1. The molecule has 1 unspecified atom stereocenters. The molecule has 0 bridgehead atoms. The van der Waals surface area contributed by atoms with Crippen LogP contribution in [-0.2, 0) is 106 Å². The highest BCUT2D eigenvalue weighted by molar-refractivity contribution is 6.11. The summed E-state index contributed by atoms with van der Waals surface area (Å²) in [6, 6.07) is 52.7. The number of ether oxygens (including phenoxy) is 3. The lowest BCUT2D eigenvalue weighted by atomic mass is 9.78. The molecule has 17 rings (SSSR count). The van der Waals surface area contributed by atoms with Gasteiger partial charge in [-0.25, -0.2) is 19.2 Å². The lowest BCUT2D eigenvalue weighted by Crippen LogP contribution is -2.36. The number of amides is 6. The summed E-state index contributed by atoms with van der Waals surface area (Å²) in [4.78, 5) is 248. The summed E-state index contributed by atoms with van der Waals surface area (Å²) in [5.74, 6) is -8.44. The number of imide groups is 3. The van der Waals surface area contributed by atoms with Gasteiger partial charge in [0.25, 0.3) is 17.7 Å². The van der Waals surface area contributed by atoms with E-state index >= 15 is 0 Å². The fourth-order valence-corrected chi connectivity index (χ4v) is 18.3. The number of rotatable bonds is 22. The number of allylic oxidation sites excluding steroid dienone is 10. The predicted molar refractivity (Wildman–Crippen MR) is 555 cm³/mol. The molecule has 35 heteroatoms. The minimum Gasteiger partial charge on any atom is -0.478 e. The number of fused-ring (bicyclic) bond motifs is 4. The standard InChI is InChI=1S/2C31H28N2O7.C20H19NO5.C15H16N2O4.C11H8O3.C5H8O2.2CH4/c2*1-16-13-23(35)21-11-8-12-22(29(21)39-16)28-26(19(4)34)17(2)32-18(3)27(28)31(38)40-24-14-25(36)33(30(24)37)15-20-9-6-5-7-10-20;1-9-8-15(23)13-6-5-7-14(19(13)26-9)18-16(12(4)22)10(2)21-11(3)17(18)20(24)25;1-10(16)7-14(19)21-12-8-13(18)17(15(12)20)9-11-5-3-2-4-6-11;1-7-5-10(13)9-4-2-3-8(6-12)11(9)14-7;1-4(6)3-5(2)7;;/h2*5-13,24,28,32H,14-15H2,1-4H3;5-8,18,21H,1-4H3,(H,24,25);2-7,12H,8-9,16H2,1H3;2-6H,1H3;3H2,1-2H3;2*1H4/b;;;10-7+;;;;/t24-,28?;24-,28+;18-;12-;;;;/m0010..../s1. The molecule has 3 fully saturated rings. The van der Waals surface area contributed by atoms with Gasteiger partial charge in [-0.2, -0.15) is 0 Å². The number of esters is 3. The van der Waals surface area contributed by atoms with Gasteiger partial charge in [0, 0.05) is 104 Å². The molecule has 0 aliphatic carbocycles. The molecule has 6 atom stereocenters. The second kappa shape index (κ2) is 49.3. The van der Waals surface area contributed by atoms with Crippen molar-refractivity contribution in [2.24, 2.45) is 5.73 Å². The Kier molecular flexibility index (Phi) is 37.5. The second-order valence-corrected chi connectivity index (χ2v) is 36.0. The van der Waals surface area contributed by atoms with Crippen molar-refractivity contribution in [2.45, 2.75) is 207 Å². The maximum absolute atomic E-state index is 13.8. The van der Waals surface area contributed by atoms with E-state index in [9.17, 15) is 101 Å². The number of carboxylic acids is 1. The van der Waals surface area contributed by atoms with Crippen LogP contribution in [0.4, 0.5) is 0 Å². The number of ketones is 5. The van der Waals surface area contributed by atoms with Crippen molar-refractivity contribution in [3.8, 4) is 0 Å². The molecule has 778 valence electrons. The van der Waals surface area contributed by atoms with Gasteiger partial charge in [0.1, 0.15) is 56.9 Å². The number of carbonyl (C=O) groups excluding carboxylic acids is 15. The van der Waals surface area contributed by atoms with Gasteiger partial charge >= 0.3 is 23.9 Å². The monoisotopic (exact) mass is 2040 g/mol. The molecule has 3 saturated heterocycles. The summed E-state index contributed by atoms with van der Waals surface area (Å²) >= 11 is 0. The number of Topliss-reactive ketones (excluding diaryl/α,β-unsaturated/α-hetero) is 5. The van der Waals surface area contributed by atoms with Gasteiger partial charge in [0.15, 0.2) is 63.7 Å². The first kappa shape index (κ1) is 114. The zero-order chi connectivity index (χ0) is 108. The lowest BCUT2D eigenvalue weighted by molar-refractivity contribution is -0.153. The smallest absolute Gasteiger partial charge is 0.337 e. The van der Waals surface area contributed by atoms with Gasteiger partial charge in [0.05, 0.1) is 107 Å². The van der Waals surface area contributed by atoms with E-state index in [0.29, 0.717) is 135 Å². The molecule has 6 amide bonds. The summed E-state index contributed by atoms with van der Waals surface area (Å²) in [6.45, 7) is 25.7. The van der Waals surface area contributed by atoms with Crippen LogP contribution in [0.1, 0.15) is 208 Å². The van der Waals surface area contributed by atoms with E-state index < -0.39 is 89.5 Å². The fraction of sp³-hybridized carbons (Fsp3) is 0.270. The summed E-state index contributed by atoms with van der Waals surface area (Å²) in [6.07, 6.45) is -2.51. The van der Waals surface area contributed by atoms with Crippen LogP contribution in [0.25, 0.3) is 43.9 Å². The average molecular weight is 2040 g/mol. The topological polar surface area (TPSA) is 514 Å². The SMILES string of the molecule is C.C.C/C(N)=C\C(=O)O[C@H]1CC(=O)N(Cc2ccccc2)C1=O.CC(=O)C1=C(C)NC(C)=C(C(=O)O)[C@@H]1c1cccc2c(=O)cc(C)oc12.CC(=O)C1=C(C)NC(C)=C(C(=O)O[C@H]2CC(=O)N(Cc3ccccc3)C2=O)C1c1cccc2c(=O)cc(C)oc12.CC(=O)C1=C(C)NC(C)=C(C(=O)O[C@H]2CC(=O)N(Cc3ccccc3)C2=O)[C@@H]1c1cccc2c(=O)cc(C)oc12.CC(=O)CC(C)=O.Cc1cc(=O)c2cccc(C=O)c2o1. The van der Waals surface area contributed by atoms with Crippen LogP contribution in [0.3, 0.4) is 0 Å². The van der Waals surface area contributed by atoms with Crippen molar-refractivity contribution in [3.63, 3.8) is 0 Å². The van der Waals surface area contributed by atoms with Crippen LogP contribution in [0, 0.1) is 27.7 Å². The molecular formula is C115H115N7O28. The molecule has 0 radical (unpaired) electrons. The lowest BCUT2D eigenvalue weighted by Gasteiger charge is -2.31. The Morgan fingerprint density at radius 1 is 0.360 bits per heavy atom. The maximum atomic E-state index is 13.8. The zero-order valence-corrected chi connectivity index (χ0v) is 83.9. The zero-order valence-electron chi connectivity index (χ0n) is 83.9. The largest absolute Gasteiger partial charge is 0.478 e. The number of para-hydroxylation sites is 4. The average Bonchev–Trinajstić information content (AvgIpc) is 0.901. The van der Waals surface area contributed by atoms with Crippen molar-refractivity contribution >= 4 is 138 Å². The van der Waals surface area contributed by atoms with E-state index in [2.05, 4.69) is 16.0 Å². The van der Waals surface area contributed by atoms with Gasteiger partial charge < -0.3 is 58.7 Å². The number of dihydropyridines is 3. The van der Waals surface area contributed by atoms with Crippen LogP contribution < -0.4 is 43.4 Å². The molecule has 10 heterocycles. The number of benzene rings is 7. The first-order valence-corrected chi connectivity index (χ1v) is 46.8. The minimum atomic E-state index is -1.30. The number of nitrogens with one attached hydrogen (secondary N) is 3. The molecule has 150 heavy (non-hydrogen) atoms. The highest BCUT2D eigenvalue weighted by Gasteiger charge is 2.48. The molecule has 6 aliphatic rings. The van der Waals surface area contributed by atoms with Crippen LogP contribution in [0.15, 0.2) is 304 Å². The first-order chi connectivity index (χ1) is 70.2. The van der Waals surface area contributed by atoms with Gasteiger partial charge in [0.2, 0.25) is 17.7 Å². The summed E-state index contributed by atoms with van der Waals surface area (Å²) in [5, 5.41) is 20.3. The van der Waals surface area contributed by atoms with Crippen LogP contribution in [0.2, 0.25) is 0 Å². The Bertz CT molecular complexity index is 7550. The Labute approximate surface area is 861 Å². The molecule has 0 saturated carbocycles. The van der Waals surface area contributed by atoms with Gasteiger partial charge in [-0.05, 0) is 158 Å². The van der Waals surface area contributed by atoms with Crippen molar-refractivity contribution in [2.75, 3.05) is 0 Å². The van der Waals surface area contributed by atoms with E-state index in [-0.39, 0.29) is 150 Å². The Balaban J connectivity index is 0.000000195. The van der Waals surface area contributed by atoms with Crippen LogP contribution in [-0.4, -0.2) is 133 Å². The molecule has 0 spiro atoms. The summed E-state index contributed by atoms with van der Waals surface area (Å²) < 4.78 is 39.3. The van der Waals surface area contributed by atoms with Crippen molar-refractivity contribution in [3.05, 3.63) is 370 Å². The second-order valence-electron chi connectivity index (χ2n) is 36.0. The molecular weight excluding hydrogens is 1930 g/mol. The molecule has 6 N–H and O–H groups in total. The molecule has 7 aromatic carbocycles. The van der Waals surface area contributed by atoms with Crippen molar-refractivity contribution in [1.82, 2.24) is 30.7 Å². The Hall–Kier alpha value is -17.9. The number of nitrogens with two attached hydrogens (primary N) is 1. The minimum absolute atomic E-state index is 0. The van der Waals surface area contributed by atoms with Crippen molar-refractivity contribution in [1.29, 1.82) is 0 Å². The Morgan fingerprint density at radius 2 is 0.627 bits per heavy atom. The van der Waals surface area contributed by atoms with Crippen LogP contribution in [0.5, 0.6) is 0 Å². The summed E-state index contributed by atoms with van der Waals surface area (Å²) in [5.41, 5.74) is 14.3. The van der Waals surface area contributed by atoms with E-state index in [1.165, 1.54) is 65.8 Å². The van der Waals surface area contributed by atoms with E-state index in [4.69, 9.17) is 37.6 Å². The molecule has 4 aromatic heterocycles. The highest BCUT2D eigenvalue weighted by Crippen LogP contribution is 2.46. The van der Waals surface area contributed by atoms with E-state index in [1.807, 2.05) is 66.7 Å². The van der Waals surface area contributed by atoms with Gasteiger partial charge in [-0.1, -0.05) is 148 Å². The number of aryl methyl sites for hydroxylation is 4. The number of hydrogen-bond acceptors (Lipinski definition) is 31. The van der Waals surface area contributed by atoms with Crippen LogP contribution >= 0.6 is 0 Å². The van der Waals surface area contributed by atoms with E-state index in [0.717, 1.165) is 37.5 Å². The Morgan fingerprint density at radius 3 is 0.900 bits per heavy atom. The predicted octanol–water partition coefficient (Wildman–Crippen LogP) is 15.1. The van der Waals surface area contributed by atoms with Crippen molar-refractivity contribution < 1.29 is 114 Å². The number of nitrogens with zero attached hydrogens (tertiary/aromatic N) is 3. The fourth-order valence-electron chi connectivity index (χ4n) is 18.3. The third-order valence-electron chi connectivity index (χ3n) is 24.5. The van der Waals surface area contributed by atoms with Gasteiger partial charge in [-0.3, -0.25) is 91.4 Å². The molecule has 35 nitrogen and oxygen atoms in total. The number of aldehydes is 1. The third-order valence-corrected chi connectivity index (χ3v) is 24.5. The maximum Gasteiger partial charge on any atom is 0.337 e. The normalized spacial score (nSPS) is 17.4. The number of carboxylic acid groups (broad SMARTS) is 1.